The molecule has 1 aliphatic rings. The van der Waals surface area contributed by atoms with E-state index in [1.807, 2.05) is 36.4 Å². The van der Waals surface area contributed by atoms with Gasteiger partial charge in [-0.2, -0.15) is 0 Å². The summed E-state index contributed by atoms with van der Waals surface area (Å²) in [6.07, 6.45) is 1.21. The van der Waals surface area contributed by atoms with Gasteiger partial charge < -0.3 is 20.1 Å². The Morgan fingerprint density at radius 1 is 1.00 bits per heavy atom. The highest BCUT2D eigenvalue weighted by Crippen LogP contribution is 2.20. The number of benzene rings is 3. The summed E-state index contributed by atoms with van der Waals surface area (Å²) in [5, 5.41) is 7.92. The van der Waals surface area contributed by atoms with E-state index in [1.165, 1.54) is 0 Å². The van der Waals surface area contributed by atoms with Crippen LogP contribution < -0.4 is 15.4 Å². The number of carbonyl (C=O) groups excluding carboxylic acids is 2. The highest BCUT2D eigenvalue weighted by molar-refractivity contribution is 5.98. The van der Waals surface area contributed by atoms with Gasteiger partial charge in [-0.25, -0.2) is 0 Å². The maximum absolute atomic E-state index is 12.4. The zero-order chi connectivity index (χ0) is 20.8. The maximum atomic E-state index is 12.4. The fourth-order valence-corrected chi connectivity index (χ4v) is 3.44. The normalized spacial score (nSPS) is 15.7. The number of ether oxygens (including phenoxy) is 2. The Morgan fingerprint density at radius 2 is 1.87 bits per heavy atom. The molecule has 1 fully saturated rings. The topological polar surface area (TPSA) is 76.7 Å². The third-order valence-electron chi connectivity index (χ3n) is 4.99. The molecule has 4 rings (SSSR count). The fourth-order valence-electron chi connectivity index (χ4n) is 3.44. The van der Waals surface area contributed by atoms with E-state index < -0.39 is 6.10 Å². The summed E-state index contributed by atoms with van der Waals surface area (Å²) in [6.45, 7) is 1.35. The van der Waals surface area contributed by atoms with Crippen molar-refractivity contribution in [3.8, 4) is 5.75 Å². The number of carbonyl (C=O) groups is 2. The average molecular weight is 404 g/mol. The Morgan fingerprint density at radius 3 is 2.70 bits per heavy atom. The molecule has 154 valence electrons. The van der Waals surface area contributed by atoms with E-state index in [0.717, 1.165) is 29.4 Å². The minimum atomic E-state index is -0.408. The standard InChI is InChI=1S/C24H24N2O4/c27-23(19-7-3-8-20(15-19)26-24(28)22-9-4-13-30-22)25-12-14-29-21-11-10-17-5-1-2-6-18(17)16-21/h1-3,5-8,10-11,15-16,22H,4,9,12-14H2,(H,25,27)(H,26,28). The first-order chi connectivity index (χ1) is 14.7. The molecule has 0 radical (unpaired) electrons. The van der Waals surface area contributed by atoms with Crippen molar-refractivity contribution in [2.45, 2.75) is 18.9 Å². The number of fused-ring (bicyclic) bond motifs is 1. The molecular weight excluding hydrogens is 380 g/mol. The van der Waals surface area contributed by atoms with Crippen molar-refractivity contribution < 1.29 is 19.1 Å². The number of rotatable bonds is 7. The van der Waals surface area contributed by atoms with E-state index in [1.54, 1.807) is 24.3 Å². The molecule has 3 aromatic carbocycles. The molecule has 6 nitrogen and oxygen atoms in total. The Kier molecular flexibility index (Phi) is 6.25. The van der Waals surface area contributed by atoms with E-state index in [2.05, 4.69) is 16.7 Å². The molecule has 1 aliphatic heterocycles. The Hall–Kier alpha value is -3.38. The molecule has 1 atom stereocenters. The highest BCUT2D eigenvalue weighted by Gasteiger charge is 2.23. The van der Waals surface area contributed by atoms with Crippen LogP contribution in [0.15, 0.2) is 66.7 Å². The number of hydrogen-bond donors (Lipinski definition) is 2. The van der Waals surface area contributed by atoms with Crippen molar-refractivity contribution in [2.24, 2.45) is 0 Å². The summed E-state index contributed by atoms with van der Waals surface area (Å²) in [4.78, 5) is 24.6. The van der Waals surface area contributed by atoms with Gasteiger partial charge in [0.25, 0.3) is 11.8 Å². The zero-order valence-corrected chi connectivity index (χ0v) is 16.6. The van der Waals surface area contributed by atoms with E-state index in [-0.39, 0.29) is 11.8 Å². The highest BCUT2D eigenvalue weighted by atomic mass is 16.5. The lowest BCUT2D eigenvalue weighted by Crippen LogP contribution is -2.29. The van der Waals surface area contributed by atoms with Gasteiger partial charge in [-0.05, 0) is 53.9 Å². The average Bonchev–Trinajstić information content (AvgIpc) is 3.32. The molecule has 3 aromatic rings. The van der Waals surface area contributed by atoms with Crippen molar-refractivity contribution in [3.63, 3.8) is 0 Å². The van der Waals surface area contributed by atoms with Crippen LogP contribution >= 0.6 is 0 Å². The molecule has 30 heavy (non-hydrogen) atoms. The largest absolute Gasteiger partial charge is 0.492 e. The van der Waals surface area contributed by atoms with Crippen molar-refractivity contribution >= 4 is 28.3 Å². The lowest BCUT2D eigenvalue weighted by atomic mass is 10.1. The van der Waals surface area contributed by atoms with Gasteiger partial charge in [0.05, 0.1) is 6.54 Å². The first-order valence-corrected chi connectivity index (χ1v) is 10.1. The van der Waals surface area contributed by atoms with Gasteiger partial charge >= 0.3 is 0 Å². The molecule has 0 saturated carbocycles. The molecule has 2 amide bonds. The molecule has 0 aromatic heterocycles. The van der Waals surface area contributed by atoms with Crippen LogP contribution in [0.4, 0.5) is 5.69 Å². The molecule has 6 heteroatoms. The van der Waals surface area contributed by atoms with E-state index in [4.69, 9.17) is 9.47 Å². The van der Waals surface area contributed by atoms with Gasteiger partial charge in [0, 0.05) is 17.9 Å². The number of amides is 2. The van der Waals surface area contributed by atoms with Crippen LogP contribution in [-0.2, 0) is 9.53 Å². The van der Waals surface area contributed by atoms with Crippen LogP contribution in [0.2, 0.25) is 0 Å². The van der Waals surface area contributed by atoms with E-state index in [9.17, 15) is 9.59 Å². The maximum Gasteiger partial charge on any atom is 0.253 e. The predicted molar refractivity (Wildman–Crippen MR) is 116 cm³/mol. The van der Waals surface area contributed by atoms with Gasteiger partial charge in [0.2, 0.25) is 0 Å². The SMILES string of the molecule is O=C(NCCOc1ccc2ccccc2c1)c1cccc(NC(=O)C2CCCO2)c1. The second kappa shape index (κ2) is 9.41. The number of nitrogens with one attached hydrogen (secondary N) is 2. The van der Waals surface area contributed by atoms with Crippen LogP contribution in [0.5, 0.6) is 5.75 Å². The smallest absolute Gasteiger partial charge is 0.253 e. The molecule has 2 N–H and O–H groups in total. The second-order valence-corrected chi connectivity index (χ2v) is 7.19. The van der Waals surface area contributed by atoms with E-state index in [0.29, 0.717) is 31.0 Å². The van der Waals surface area contributed by atoms with Gasteiger partial charge in [-0.1, -0.05) is 36.4 Å². The first-order valence-electron chi connectivity index (χ1n) is 10.1. The predicted octanol–water partition coefficient (Wildman–Crippen LogP) is 3.77. The summed E-state index contributed by atoms with van der Waals surface area (Å²) in [7, 11) is 0. The Bertz CT molecular complexity index is 1040. The van der Waals surface area contributed by atoms with Crippen LogP contribution in [0.25, 0.3) is 10.8 Å². The molecule has 0 aliphatic carbocycles. The Labute approximate surface area is 175 Å². The van der Waals surface area contributed by atoms with Crippen molar-refractivity contribution in [1.82, 2.24) is 5.32 Å². The molecule has 1 heterocycles. The summed E-state index contributed by atoms with van der Waals surface area (Å²) in [5.74, 6) is 0.376. The molecule has 0 bridgehead atoms. The van der Waals surface area contributed by atoms with Crippen LogP contribution in [0.3, 0.4) is 0 Å². The minimum absolute atomic E-state index is 0.172. The van der Waals surface area contributed by atoms with Crippen LogP contribution in [0.1, 0.15) is 23.2 Å². The quantitative estimate of drug-likeness (QED) is 0.588. The van der Waals surface area contributed by atoms with Gasteiger partial charge in [-0.15, -0.1) is 0 Å². The molecule has 1 saturated heterocycles. The van der Waals surface area contributed by atoms with Gasteiger partial charge in [0.1, 0.15) is 18.5 Å². The summed E-state index contributed by atoms with van der Waals surface area (Å²) in [6, 6.07) is 20.9. The third-order valence-corrected chi connectivity index (χ3v) is 4.99. The van der Waals surface area contributed by atoms with Crippen LogP contribution in [0, 0.1) is 0 Å². The third kappa shape index (κ3) is 4.96. The summed E-state index contributed by atoms with van der Waals surface area (Å²) >= 11 is 0. The molecule has 0 spiro atoms. The minimum Gasteiger partial charge on any atom is -0.492 e. The summed E-state index contributed by atoms with van der Waals surface area (Å²) < 4.78 is 11.1. The number of hydrogen-bond acceptors (Lipinski definition) is 4. The monoisotopic (exact) mass is 404 g/mol. The van der Waals surface area contributed by atoms with Gasteiger partial charge in [-0.3, -0.25) is 9.59 Å². The van der Waals surface area contributed by atoms with Crippen molar-refractivity contribution in [1.29, 1.82) is 0 Å². The summed E-state index contributed by atoms with van der Waals surface area (Å²) in [5.41, 5.74) is 1.06. The van der Waals surface area contributed by atoms with Crippen LogP contribution in [-0.4, -0.2) is 37.7 Å². The van der Waals surface area contributed by atoms with Crippen molar-refractivity contribution in [2.75, 3.05) is 25.1 Å². The molecule has 1 unspecified atom stereocenters. The second-order valence-electron chi connectivity index (χ2n) is 7.19. The number of anilines is 1. The Balaban J connectivity index is 1.26. The first kappa shape index (κ1) is 19.9. The van der Waals surface area contributed by atoms with Crippen molar-refractivity contribution in [3.05, 3.63) is 72.3 Å². The lowest BCUT2D eigenvalue weighted by Gasteiger charge is -2.12. The van der Waals surface area contributed by atoms with E-state index >= 15 is 0 Å². The molecular formula is C24H24N2O4. The van der Waals surface area contributed by atoms with Gasteiger partial charge in [0.15, 0.2) is 0 Å². The fraction of sp³-hybridized carbons (Fsp3) is 0.250. The lowest BCUT2D eigenvalue weighted by molar-refractivity contribution is -0.124. The zero-order valence-electron chi connectivity index (χ0n) is 16.6.